The van der Waals surface area contributed by atoms with Gasteiger partial charge in [0.25, 0.3) is 0 Å². The lowest BCUT2D eigenvalue weighted by Crippen LogP contribution is -2.26. The van der Waals surface area contributed by atoms with E-state index in [9.17, 15) is 5.26 Å². The number of fused-ring (bicyclic) bond motifs is 10. The van der Waals surface area contributed by atoms with Gasteiger partial charge in [-0.15, -0.1) is 0 Å². The number of benzene rings is 4. The second kappa shape index (κ2) is 11.8. The molecule has 0 N–H and O–H groups in total. The molecule has 4 aromatic heterocycles. The Balaban J connectivity index is 1.18. The smallest absolute Gasteiger partial charge is 0.205 e. The average molecular weight is 675 g/mol. The molecular weight excluding hydrogens is 649 g/mol. The zero-order valence-corrected chi connectivity index (χ0v) is 28.2. The molecule has 0 radical (unpaired) electrons. The Morgan fingerprint density at radius 1 is 0.472 bits per heavy atom. The molecule has 6 heteroatoms. The van der Waals surface area contributed by atoms with Gasteiger partial charge in [-0.25, -0.2) is 14.8 Å². The highest BCUT2D eigenvalue weighted by Gasteiger charge is 2.51. The van der Waals surface area contributed by atoms with E-state index < -0.39 is 5.41 Å². The molecule has 53 heavy (non-hydrogen) atoms. The number of rotatable bonds is 4. The van der Waals surface area contributed by atoms with Crippen molar-refractivity contribution in [2.45, 2.75) is 5.41 Å². The SMILES string of the molecule is [C-]#[N+]c1cncc(-c2cccc(-c3ccc4c(c3)C3(c5ccccc5-c5ccccc53)c3cc(-c5cccc(-c6cncc(C#N)c6)n5)ccc3-4)n2)c1. The van der Waals surface area contributed by atoms with Crippen LogP contribution >= 0.6 is 0 Å². The summed E-state index contributed by atoms with van der Waals surface area (Å²) in [5.74, 6) is 0. The van der Waals surface area contributed by atoms with Gasteiger partial charge in [-0.2, -0.15) is 5.26 Å². The van der Waals surface area contributed by atoms with Gasteiger partial charge in [-0.1, -0.05) is 84.9 Å². The summed E-state index contributed by atoms with van der Waals surface area (Å²) in [4.78, 5) is 22.3. The number of hydrogen-bond donors (Lipinski definition) is 0. The van der Waals surface area contributed by atoms with Crippen molar-refractivity contribution in [3.8, 4) is 73.4 Å². The molecule has 0 bridgehead atoms. The fourth-order valence-corrected chi connectivity index (χ4v) is 8.24. The van der Waals surface area contributed by atoms with Gasteiger partial charge in [0.15, 0.2) is 0 Å². The fraction of sp³-hybridized carbons (Fsp3) is 0.0213. The van der Waals surface area contributed by atoms with Crippen molar-refractivity contribution < 1.29 is 0 Å². The summed E-state index contributed by atoms with van der Waals surface area (Å²) in [5.41, 5.74) is 17.0. The lowest BCUT2D eigenvalue weighted by atomic mass is 9.70. The Hall–Kier alpha value is -7.54. The Bertz CT molecular complexity index is 2700. The van der Waals surface area contributed by atoms with E-state index in [1.165, 1.54) is 44.5 Å². The monoisotopic (exact) mass is 674 g/mol. The molecule has 0 unspecified atom stereocenters. The minimum atomic E-state index is -0.571. The van der Waals surface area contributed by atoms with Crippen LogP contribution in [0.15, 0.2) is 158 Å². The van der Waals surface area contributed by atoms with Gasteiger partial charge < -0.3 is 0 Å². The van der Waals surface area contributed by atoms with Crippen LogP contribution in [0.25, 0.3) is 72.1 Å². The molecule has 2 aliphatic rings. The van der Waals surface area contributed by atoms with Crippen LogP contribution in [-0.4, -0.2) is 19.9 Å². The zero-order valence-electron chi connectivity index (χ0n) is 28.2. The van der Waals surface area contributed by atoms with E-state index >= 15 is 0 Å². The molecule has 10 rings (SSSR count). The summed E-state index contributed by atoms with van der Waals surface area (Å²) >= 11 is 0. The molecule has 4 heterocycles. The highest BCUT2D eigenvalue weighted by molar-refractivity contribution is 5.96. The number of hydrogen-bond acceptors (Lipinski definition) is 5. The van der Waals surface area contributed by atoms with Crippen LogP contribution in [0, 0.1) is 17.9 Å². The quantitative estimate of drug-likeness (QED) is 0.174. The summed E-state index contributed by atoms with van der Waals surface area (Å²) in [7, 11) is 0. The van der Waals surface area contributed by atoms with Crippen molar-refractivity contribution >= 4 is 5.69 Å². The minimum Gasteiger partial charge on any atom is -0.276 e. The van der Waals surface area contributed by atoms with Gasteiger partial charge in [0, 0.05) is 47.0 Å². The molecule has 0 fully saturated rings. The van der Waals surface area contributed by atoms with E-state index in [1.807, 2.05) is 48.5 Å². The largest absolute Gasteiger partial charge is 0.276 e. The standard InChI is InChI=1S/C47H26N6/c1-49-34-21-33(27-51-28-34)46-15-7-13-44(53-46)31-17-19-38-37-18-16-30(43-12-6-14-45(52-43)32-20-29(24-48)25-50-26-32)22-41(37)47(42(38)23-31)39-10-4-2-8-35(39)36-9-3-5-11-40(36)47/h2-23,25-28H. The number of aromatic nitrogens is 4. The molecule has 8 aromatic rings. The number of nitriles is 1. The topological polar surface area (TPSA) is 79.7 Å². The first kappa shape index (κ1) is 30.3. The molecule has 0 amide bonds. The van der Waals surface area contributed by atoms with Crippen molar-refractivity contribution in [3.63, 3.8) is 0 Å². The molecule has 1 spiro atoms. The molecule has 4 aromatic carbocycles. The molecule has 244 valence electrons. The summed E-state index contributed by atoms with van der Waals surface area (Å²) in [6.45, 7) is 7.46. The maximum Gasteiger partial charge on any atom is 0.205 e. The second-order valence-corrected chi connectivity index (χ2v) is 13.3. The van der Waals surface area contributed by atoms with Crippen molar-refractivity contribution in [1.29, 1.82) is 5.26 Å². The molecular formula is C47H26N6. The maximum absolute atomic E-state index is 9.48. The first-order valence-corrected chi connectivity index (χ1v) is 17.3. The van der Waals surface area contributed by atoms with Crippen LogP contribution in [0.2, 0.25) is 0 Å². The first-order chi connectivity index (χ1) is 26.1. The molecule has 0 atom stereocenters. The zero-order chi connectivity index (χ0) is 35.5. The van der Waals surface area contributed by atoms with Crippen LogP contribution in [-0.2, 0) is 5.41 Å². The van der Waals surface area contributed by atoms with Crippen LogP contribution in [0.3, 0.4) is 0 Å². The lowest BCUT2D eigenvalue weighted by molar-refractivity contribution is 0.794. The Morgan fingerprint density at radius 3 is 1.51 bits per heavy atom. The third kappa shape index (κ3) is 4.57. The van der Waals surface area contributed by atoms with Gasteiger partial charge in [0.2, 0.25) is 5.69 Å². The Labute approximate surface area is 306 Å². The summed E-state index contributed by atoms with van der Waals surface area (Å²) in [5, 5.41) is 9.48. The van der Waals surface area contributed by atoms with Crippen molar-refractivity contribution in [1.82, 2.24) is 19.9 Å². The molecule has 2 aliphatic carbocycles. The highest BCUT2D eigenvalue weighted by Crippen LogP contribution is 2.63. The van der Waals surface area contributed by atoms with E-state index in [1.54, 1.807) is 24.8 Å². The van der Waals surface area contributed by atoms with E-state index in [0.29, 0.717) is 11.3 Å². The molecule has 6 nitrogen and oxygen atoms in total. The van der Waals surface area contributed by atoms with Gasteiger partial charge in [0.05, 0.1) is 40.3 Å². The third-order valence-corrected chi connectivity index (χ3v) is 10.5. The van der Waals surface area contributed by atoms with Crippen molar-refractivity contribution in [3.05, 3.63) is 197 Å². The van der Waals surface area contributed by atoms with Gasteiger partial charge in [-0.05, 0) is 93.0 Å². The maximum atomic E-state index is 9.48. The van der Waals surface area contributed by atoms with E-state index in [2.05, 4.69) is 106 Å². The molecule has 0 saturated carbocycles. The predicted molar refractivity (Wildman–Crippen MR) is 207 cm³/mol. The van der Waals surface area contributed by atoms with Crippen LogP contribution < -0.4 is 0 Å². The second-order valence-electron chi connectivity index (χ2n) is 13.3. The van der Waals surface area contributed by atoms with Gasteiger partial charge in [0.1, 0.15) is 6.07 Å². The summed E-state index contributed by atoms with van der Waals surface area (Å²) in [6, 6.07) is 48.9. The van der Waals surface area contributed by atoms with Crippen molar-refractivity contribution in [2.24, 2.45) is 0 Å². The van der Waals surface area contributed by atoms with Crippen LogP contribution in [0.1, 0.15) is 27.8 Å². The van der Waals surface area contributed by atoms with Gasteiger partial charge >= 0.3 is 0 Å². The Kier molecular flexibility index (Phi) is 6.73. The van der Waals surface area contributed by atoms with Gasteiger partial charge in [-0.3, -0.25) is 9.97 Å². The third-order valence-electron chi connectivity index (χ3n) is 10.5. The van der Waals surface area contributed by atoms with E-state index in [-0.39, 0.29) is 0 Å². The first-order valence-electron chi connectivity index (χ1n) is 17.3. The van der Waals surface area contributed by atoms with Crippen molar-refractivity contribution in [2.75, 3.05) is 0 Å². The Morgan fingerprint density at radius 2 is 0.962 bits per heavy atom. The fourth-order valence-electron chi connectivity index (χ4n) is 8.24. The summed E-state index contributed by atoms with van der Waals surface area (Å²) in [6.07, 6.45) is 6.63. The number of pyridine rings is 4. The lowest BCUT2D eigenvalue weighted by Gasteiger charge is -2.31. The van der Waals surface area contributed by atoms with E-state index in [0.717, 1.165) is 45.0 Å². The number of nitrogens with zero attached hydrogens (tertiary/aromatic N) is 6. The van der Waals surface area contributed by atoms with E-state index in [4.69, 9.17) is 16.5 Å². The van der Waals surface area contributed by atoms with Crippen LogP contribution in [0.4, 0.5) is 5.69 Å². The average Bonchev–Trinajstić information content (AvgIpc) is 3.70. The summed E-state index contributed by atoms with van der Waals surface area (Å²) < 4.78 is 0. The normalized spacial score (nSPS) is 12.6. The molecule has 0 saturated heterocycles. The minimum absolute atomic E-state index is 0.483. The van der Waals surface area contributed by atoms with Crippen LogP contribution in [0.5, 0.6) is 0 Å². The predicted octanol–water partition coefficient (Wildman–Crippen LogP) is 10.7. The highest BCUT2D eigenvalue weighted by atomic mass is 14.8. The molecule has 0 aliphatic heterocycles.